The molecule has 2 heterocycles. The number of benzene rings is 1. The molecule has 0 aliphatic heterocycles. The summed E-state index contributed by atoms with van der Waals surface area (Å²) in [7, 11) is 0. The van der Waals surface area contributed by atoms with Crippen LogP contribution in [0.15, 0.2) is 28.9 Å². The Morgan fingerprint density at radius 3 is 2.72 bits per heavy atom. The van der Waals surface area contributed by atoms with E-state index in [-0.39, 0.29) is 11.6 Å². The van der Waals surface area contributed by atoms with Crippen LogP contribution in [0.1, 0.15) is 49.4 Å². The molecule has 130 valence electrons. The van der Waals surface area contributed by atoms with Gasteiger partial charge in [-0.2, -0.15) is 10.1 Å². The van der Waals surface area contributed by atoms with E-state index < -0.39 is 0 Å². The van der Waals surface area contributed by atoms with Gasteiger partial charge in [0, 0.05) is 6.20 Å². The highest BCUT2D eigenvalue weighted by atomic mass is 19.1. The lowest BCUT2D eigenvalue weighted by Crippen LogP contribution is -2.13. The second-order valence-corrected chi connectivity index (χ2v) is 6.81. The van der Waals surface area contributed by atoms with Crippen molar-refractivity contribution in [1.82, 2.24) is 19.9 Å². The molecular weight excluding hydrogens is 319 g/mol. The van der Waals surface area contributed by atoms with Crippen LogP contribution in [0, 0.1) is 19.7 Å². The van der Waals surface area contributed by atoms with Crippen molar-refractivity contribution in [1.29, 1.82) is 0 Å². The highest BCUT2D eigenvalue weighted by Gasteiger charge is 2.21. The van der Waals surface area contributed by atoms with Crippen LogP contribution >= 0.6 is 0 Å². The monoisotopic (exact) mass is 340 g/mol. The quantitative estimate of drug-likeness (QED) is 0.683. The lowest BCUT2D eigenvalue weighted by atomic mass is 9.96. The number of halogens is 1. The number of rotatable bonds is 3. The van der Waals surface area contributed by atoms with E-state index in [1.807, 2.05) is 24.7 Å². The van der Waals surface area contributed by atoms with E-state index in [1.54, 1.807) is 12.1 Å². The Hall–Kier alpha value is -2.50. The van der Waals surface area contributed by atoms with Crippen LogP contribution < -0.4 is 0 Å². The van der Waals surface area contributed by atoms with Gasteiger partial charge in [-0.15, -0.1) is 0 Å². The third kappa shape index (κ3) is 3.08. The SMILES string of the molecule is Cc1ccc(F)c(-c2noc(-c3cn(C4CCCCC4)nc3C)n2)c1. The average molecular weight is 340 g/mol. The summed E-state index contributed by atoms with van der Waals surface area (Å²) >= 11 is 0. The smallest absolute Gasteiger partial charge is 0.261 e. The minimum atomic E-state index is -0.354. The van der Waals surface area contributed by atoms with Gasteiger partial charge >= 0.3 is 0 Å². The summed E-state index contributed by atoms with van der Waals surface area (Å²) in [5, 5.41) is 8.60. The summed E-state index contributed by atoms with van der Waals surface area (Å²) in [6.07, 6.45) is 8.09. The minimum Gasteiger partial charge on any atom is -0.333 e. The molecule has 0 spiro atoms. The predicted molar refractivity (Wildman–Crippen MR) is 92.5 cm³/mol. The highest BCUT2D eigenvalue weighted by molar-refractivity contribution is 5.61. The summed E-state index contributed by atoms with van der Waals surface area (Å²) in [4.78, 5) is 4.40. The van der Waals surface area contributed by atoms with E-state index in [9.17, 15) is 4.39 Å². The summed E-state index contributed by atoms with van der Waals surface area (Å²) in [6.45, 7) is 3.84. The molecule has 25 heavy (non-hydrogen) atoms. The zero-order chi connectivity index (χ0) is 17.4. The van der Waals surface area contributed by atoms with Gasteiger partial charge in [-0.05, 0) is 38.8 Å². The lowest BCUT2D eigenvalue weighted by molar-refractivity contribution is 0.328. The van der Waals surface area contributed by atoms with Crippen molar-refractivity contribution < 1.29 is 8.91 Å². The van der Waals surface area contributed by atoms with Gasteiger partial charge in [0.25, 0.3) is 5.89 Å². The van der Waals surface area contributed by atoms with Crippen molar-refractivity contribution in [2.75, 3.05) is 0 Å². The van der Waals surface area contributed by atoms with Gasteiger partial charge < -0.3 is 4.52 Å². The second-order valence-electron chi connectivity index (χ2n) is 6.81. The van der Waals surface area contributed by atoms with Gasteiger partial charge in [0.2, 0.25) is 5.82 Å². The lowest BCUT2D eigenvalue weighted by Gasteiger charge is -2.21. The van der Waals surface area contributed by atoms with E-state index >= 15 is 0 Å². The molecule has 6 heteroatoms. The molecule has 2 aromatic heterocycles. The Balaban J connectivity index is 1.66. The number of nitrogens with zero attached hydrogens (tertiary/aromatic N) is 4. The topological polar surface area (TPSA) is 56.7 Å². The summed E-state index contributed by atoms with van der Waals surface area (Å²) in [5.74, 6) is 0.295. The molecule has 0 amide bonds. The van der Waals surface area contributed by atoms with Crippen LogP contribution in [0.4, 0.5) is 4.39 Å². The summed E-state index contributed by atoms with van der Waals surface area (Å²) in [6, 6.07) is 5.31. The number of hydrogen-bond acceptors (Lipinski definition) is 4. The number of aromatic nitrogens is 4. The predicted octanol–water partition coefficient (Wildman–Crippen LogP) is 4.86. The normalized spacial score (nSPS) is 15.6. The molecule has 1 fully saturated rings. The molecule has 1 aliphatic carbocycles. The highest BCUT2D eigenvalue weighted by Crippen LogP contribution is 2.31. The average Bonchev–Trinajstić information content (AvgIpc) is 3.24. The van der Waals surface area contributed by atoms with Crippen LogP contribution in [-0.2, 0) is 0 Å². The van der Waals surface area contributed by atoms with Crippen molar-refractivity contribution in [2.24, 2.45) is 0 Å². The standard InChI is InChI=1S/C19H21FN4O/c1-12-8-9-17(20)15(10-12)18-21-19(25-23-18)16-11-24(22-13(16)2)14-6-4-3-5-7-14/h8-11,14H,3-7H2,1-2H3. The molecule has 4 rings (SSSR count). The van der Waals surface area contributed by atoms with Crippen LogP contribution in [0.5, 0.6) is 0 Å². The van der Waals surface area contributed by atoms with Gasteiger partial charge in [0.1, 0.15) is 5.82 Å². The minimum absolute atomic E-state index is 0.265. The molecule has 5 nitrogen and oxygen atoms in total. The van der Waals surface area contributed by atoms with Crippen molar-refractivity contribution in [3.63, 3.8) is 0 Å². The third-order valence-corrected chi connectivity index (χ3v) is 4.88. The Labute approximate surface area is 145 Å². The molecule has 0 saturated heterocycles. The van der Waals surface area contributed by atoms with Crippen LogP contribution in [0.2, 0.25) is 0 Å². The van der Waals surface area contributed by atoms with Crippen molar-refractivity contribution in [2.45, 2.75) is 52.0 Å². The van der Waals surface area contributed by atoms with Gasteiger partial charge in [-0.1, -0.05) is 36.0 Å². The van der Waals surface area contributed by atoms with Gasteiger partial charge in [-0.3, -0.25) is 4.68 Å². The molecule has 0 N–H and O–H groups in total. The first-order valence-corrected chi connectivity index (χ1v) is 8.78. The van der Waals surface area contributed by atoms with Gasteiger partial charge in [0.15, 0.2) is 0 Å². The van der Waals surface area contributed by atoms with Crippen LogP contribution in [0.3, 0.4) is 0 Å². The fourth-order valence-corrected chi connectivity index (χ4v) is 3.48. The van der Waals surface area contributed by atoms with Gasteiger partial charge in [-0.25, -0.2) is 4.39 Å². The van der Waals surface area contributed by atoms with Gasteiger partial charge in [0.05, 0.1) is 22.9 Å². The first-order valence-electron chi connectivity index (χ1n) is 8.78. The maximum absolute atomic E-state index is 14.1. The molecule has 0 bridgehead atoms. The van der Waals surface area contributed by atoms with Crippen LogP contribution in [0.25, 0.3) is 22.8 Å². The molecule has 1 saturated carbocycles. The number of aryl methyl sites for hydroxylation is 2. The Bertz CT molecular complexity index is 893. The largest absolute Gasteiger partial charge is 0.333 e. The molecule has 0 unspecified atom stereocenters. The maximum Gasteiger partial charge on any atom is 0.261 e. The Morgan fingerprint density at radius 2 is 1.92 bits per heavy atom. The zero-order valence-electron chi connectivity index (χ0n) is 14.5. The van der Waals surface area contributed by atoms with E-state index in [2.05, 4.69) is 15.2 Å². The van der Waals surface area contributed by atoms with Crippen molar-refractivity contribution in [3.8, 4) is 22.8 Å². The van der Waals surface area contributed by atoms with E-state index in [0.29, 0.717) is 17.5 Å². The maximum atomic E-state index is 14.1. The first kappa shape index (κ1) is 16.0. The molecule has 1 aromatic carbocycles. The number of hydrogen-bond donors (Lipinski definition) is 0. The van der Waals surface area contributed by atoms with E-state index in [1.165, 1.54) is 25.3 Å². The van der Waals surface area contributed by atoms with Crippen molar-refractivity contribution >= 4 is 0 Å². The van der Waals surface area contributed by atoms with Crippen molar-refractivity contribution in [3.05, 3.63) is 41.5 Å². The fraction of sp³-hybridized carbons (Fsp3) is 0.421. The molecule has 0 radical (unpaired) electrons. The zero-order valence-corrected chi connectivity index (χ0v) is 14.5. The summed E-state index contributed by atoms with van der Waals surface area (Å²) in [5.41, 5.74) is 2.97. The van der Waals surface area contributed by atoms with E-state index in [4.69, 9.17) is 4.52 Å². The van der Waals surface area contributed by atoms with Crippen LogP contribution in [-0.4, -0.2) is 19.9 Å². The van der Waals surface area contributed by atoms with E-state index in [0.717, 1.165) is 29.7 Å². The first-order chi connectivity index (χ1) is 12.1. The Morgan fingerprint density at radius 1 is 1.12 bits per heavy atom. The molecule has 0 atom stereocenters. The summed E-state index contributed by atoms with van der Waals surface area (Å²) < 4.78 is 21.5. The molecule has 3 aromatic rings. The fourth-order valence-electron chi connectivity index (χ4n) is 3.48. The second kappa shape index (κ2) is 6.43. The third-order valence-electron chi connectivity index (χ3n) is 4.88. The Kier molecular flexibility index (Phi) is 4.11. The molecule has 1 aliphatic rings. The molecular formula is C19H21FN4O.